The normalized spacial score (nSPS) is 28.2. The second-order valence-corrected chi connectivity index (χ2v) is 2.93. The van der Waals surface area contributed by atoms with E-state index in [1.807, 2.05) is 6.92 Å². The standard InChI is InChI=1S/C8H12N2O2/c1-6-7(5-9)3-4-10(6)8(11)12-2/h6-7H,3-4H2,1-2H3. The van der Waals surface area contributed by atoms with E-state index in [9.17, 15) is 4.79 Å². The molecule has 0 N–H and O–H groups in total. The van der Waals surface area contributed by atoms with Gasteiger partial charge in [-0.2, -0.15) is 5.26 Å². The fourth-order valence-electron chi connectivity index (χ4n) is 1.49. The molecule has 1 heterocycles. The lowest BCUT2D eigenvalue weighted by Crippen LogP contribution is -2.35. The van der Waals surface area contributed by atoms with Crippen LogP contribution in [-0.4, -0.2) is 30.7 Å². The Morgan fingerprint density at radius 2 is 2.42 bits per heavy atom. The minimum absolute atomic E-state index is 0.0116. The molecule has 4 heteroatoms. The molecule has 4 nitrogen and oxygen atoms in total. The number of likely N-dealkylation sites (tertiary alicyclic amines) is 1. The average Bonchev–Trinajstić information content (AvgIpc) is 2.45. The minimum Gasteiger partial charge on any atom is -0.453 e. The van der Waals surface area contributed by atoms with Gasteiger partial charge in [0.1, 0.15) is 0 Å². The lowest BCUT2D eigenvalue weighted by atomic mass is 10.0. The van der Waals surface area contributed by atoms with Crippen molar-refractivity contribution < 1.29 is 9.53 Å². The first-order chi connectivity index (χ1) is 5.70. The lowest BCUT2D eigenvalue weighted by molar-refractivity contribution is 0.119. The van der Waals surface area contributed by atoms with Gasteiger partial charge in [-0.05, 0) is 13.3 Å². The molecule has 1 amide bonds. The molecule has 0 aliphatic carbocycles. The summed E-state index contributed by atoms with van der Waals surface area (Å²) in [7, 11) is 1.36. The van der Waals surface area contributed by atoms with Crippen molar-refractivity contribution in [1.82, 2.24) is 4.90 Å². The monoisotopic (exact) mass is 168 g/mol. The third-order valence-corrected chi connectivity index (χ3v) is 2.33. The highest BCUT2D eigenvalue weighted by Crippen LogP contribution is 2.23. The number of hydrogen-bond acceptors (Lipinski definition) is 3. The van der Waals surface area contributed by atoms with Gasteiger partial charge in [0.25, 0.3) is 0 Å². The smallest absolute Gasteiger partial charge is 0.409 e. The van der Waals surface area contributed by atoms with Crippen LogP contribution < -0.4 is 0 Å². The van der Waals surface area contributed by atoms with E-state index in [2.05, 4.69) is 10.8 Å². The quantitative estimate of drug-likeness (QED) is 0.542. The molecule has 0 radical (unpaired) electrons. The summed E-state index contributed by atoms with van der Waals surface area (Å²) in [5.74, 6) is -0.0379. The fourth-order valence-corrected chi connectivity index (χ4v) is 1.49. The third-order valence-electron chi connectivity index (χ3n) is 2.33. The predicted molar refractivity (Wildman–Crippen MR) is 42.3 cm³/mol. The molecule has 12 heavy (non-hydrogen) atoms. The third kappa shape index (κ3) is 1.35. The first-order valence-corrected chi connectivity index (χ1v) is 3.95. The van der Waals surface area contributed by atoms with Gasteiger partial charge < -0.3 is 9.64 Å². The number of methoxy groups -OCH3 is 1. The SMILES string of the molecule is COC(=O)N1CCC(C#N)C1C. The largest absolute Gasteiger partial charge is 0.453 e. The van der Waals surface area contributed by atoms with Crippen LogP contribution in [0.5, 0.6) is 0 Å². The van der Waals surface area contributed by atoms with Gasteiger partial charge in [0.15, 0.2) is 0 Å². The van der Waals surface area contributed by atoms with Gasteiger partial charge in [0.2, 0.25) is 0 Å². The van der Waals surface area contributed by atoms with Crippen LogP contribution in [0.15, 0.2) is 0 Å². The highest BCUT2D eigenvalue weighted by molar-refractivity contribution is 5.68. The van der Waals surface area contributed by atoms with E-state index in [0.717, 1.165) is 6.42 Å². The van der Waals surface area contributed by atoms with Crippen LogP contribution in [0.25, 0.3) is 0 Å². The van der Waals surface area contributed by atoms with Gasteiger partial charge in [-0.25, -0.2) is 4.79 Å². The Bertz CT molecular complexity index is 222. The summed E-state index contributed by atoms with van der Waals surface area (Å²) in [6.45, 7) is 2.50. The van der Waals surface area contributed by atoms with Crippen molar-refractivity contribution in [2.45, 2.75) is 19.4 Å². The predicted octanol–water partition coefficient (Wildman–Crippen LogP) is 0.987. The van der Waals surface area contributed by atoms with E-state index in [1.54, 1.807) is 4.90 Å². The van der Waals surface area contributed by atoms with E-state index in [1.165, 1.54) is 7.11 Å². The molecule has 1 saturated heterocycles. The number of rotatable bonds is 0. The van der Waals surface area contributed by atoms with Crippen LogP contribution in [0.2, 0.25) is 0 Å². The zero-order valence-corrected chi connectivity index (χ0v) is 7.28. The maximum atomic E-state index is 11.1. The van der Waals surface area contributed by atoms with Gasteiger partial charge in [-0.15, -0.1) is 0 Å². The molecule has 2 atom stereocenters. The summed E-state index contributed by atoms with van der Waals surface area (Å²) in [6, 6.07) is 2.16. The van der Waals surface area contributed by atoms with Gasteiger partial charge in [0.05, 0.1) is 19.1 Å². The lowest BCUT2D eigenvalue weighted by Gasteiger charge is -2.20. The summed E-state index contributed by atoms with van der Waals surface area (Å²) in [4.78, 5) is 12.7. The molecule has 1 aliphatic heterocycles. The molecule has 2 unspecified atom stereocenters. The van der Waals surface area contributed by atoms with E-state index in [0.29, 0.717) is 6.54 Å². The highest BCUT2D eigenvalue weighted by Gasteiger charge is 2.34. The van der Waals surface area contributed by atoms with Crippen LogP contribution in [0, 0.1) is 17.2 Å². The van der Waals surface area contributed by atoms with Gasteiger partial charge >= 0.3 is 6.09 Å². The fraction of sp³-hybridized carbons (Fsp3) is 0.750. The summed E-state index contributed by atoms with van der Waals surface area (Å²) < 4.78 is 4.57. The Labute approximate surface area is 71.7 Å². The molecule has 66 valence electrons. The molecule has 0 spiro atoms. The molecule has 0 bridgehead atoms. The Balaban J connectivity index is 2.61. The second kappa shape index (κ2) is 3.44. The summed E-state index contributed by atoms with van der Waals surface area (Å²) in [6.07, 6.45) is 0.424. The van der Waals surface area contributed by atoms with E-state index < -0.39 is 0 Å². The zero-order chi connectivity index (χ0) is 9.14. The second-order valence-electron chi connectivity index (χ2n) is 2.93. The van der Waals surface area contributed by atoms with Crippen LogP contribution in [0.1, 0.15) is 13.3 Å². The van der Waals surface area contributed by atoms with Crippen molar-refractivity contribution in [1.29, 1.82) is 5.26 Å². The Morgan fingerprint density at radius 3 is 2.83 bits per heavy atom. The first-order valence-electron chi connectivity index (χ1n) is 3.95. The molecular formula is C8H12N2O2. The Hall–Kier alpha value is -1.24. The number of nitrogens with zero attached hydrogens (tertiary/aromatic N) is 2. The molecular weight excluding hydrogens is 156 g/mol. The summed E-state index contributed by atoms with van der Waals surface area (Å²) in [5.41, 5.74) is 0. The molecule has 0 aromatic rings. The van der Waals surface area contributed by atoms with Gasteiger partial charge in [0, 0.05) is 12.6 Å². The van der Waals surface area contributed by atoms with E-state index in [4.69, 9.17) is 5.26 Å². The summed E-state index contributed by atoms with van der Waals surface area (Å²) >= 11 is 0. The van der Waals surface area contributed by atoms with Crippen molar-refractivity contribution in [2.24, 2.45) is 5.92 Å². The van der Waals surface area contributed by atoms with Crippen LogP contribution >= 0.6 is 0 Å². The number of carbonyl (C=O) groups is 1. The van der Waals surface area contributed by atoms with Gasteiger partial charge in [-0.3, -0.25) is 0 Å². The number of nitriles is 1. The van der Waals surface area contributed by atoms with Crippen molar-refractivity contribution in [2.75, 3.05) is 13.7 Å². The van der Waals surface area contributed by atoms with Crippen molar-refractivity contribution >= 4 is 6.09 Å². The molecule has 0 aromatic heterocycles. The average molecular weight is 168 g/mol. The Morgan fingerprint density at radius 1 is 1.75 bits per heavy atom. The number of hydrogen-bond donors (Lipinski definition) is 0. The van der Waals surface area contributed by atoms with Gasteiger partial charge in [-0.1, -0.05) is 0 Å². The number of ether oxygens (including phenoxy) is 1. The summed E-state index contributed by atoms with van der Waals surface area (Å²) in [5, 5.41) is 8.68. The van der Waals surface area contributed by atoms with E-state index >= 15 is 0 Å². The van der Waals surface area contributed by atoms with E-state index in [-0.39, 0.29) is 18.1 Å². The van der Waals surface area contributed by atoms with Crippen LogP contribution in [-0.2, 0) is 4.74 Å². The maximum Gasteiger partial charge on any atom is 0.409 e. The first kappa shape index (κ1) is 8.85. The number of amides is 1. The van der Waals surface area contributed by atoms with Crippen LogP contribution in [0.3, 0.4) is 0 Å². The molecule has 0 aromatic carbocycles. The van der Waals surface area contributed by atoms with Crippen LogP contribution in [0.4, 0.5) is 4.79 Å². The number of carbonyl (C=O) groups excluding carboxylic acids is 1. The topological polar surface area (TPSA) is 53.3 Å². The minimum atomic E-state index is -0.333. The van der Waals surface area contributed by atoms with Crippen molar-refractivity contribution in [3.05, 3.63) is 0 Å². The van der Waals surface area contributed by atoms with Crippen molar-refractivity contribution in [3.63, 3.8) is 0 Å². The molecule has 1 aliphatic rings. The maximum absolute atomic E-state index is 11.1. The molecule has 1 fully saturated rings. The van der Waals surface area contributed by atoms with Crippen molar-refractivity contribution in [3.8, 4) is 6.07 Å². The zero-order valence-electron chi connectivity index (χ0n) is 7.28. The Kier molecular flexibility index (Phi) is 2.54. The molecule has 0 saturated carbocycles. The highest BCUT2D eigenvalue weighted by atomic mass is 16.5. The molecule has 1 rings (SSSR count).